The monoisotopic (exact) mass is 180 g/mol. The summed E-state index contributed by atoms with van der Waals surface area (Å²) in [7, 11) is 0. The normalized spacial score (nSPS) is 17.6. The Morgan fingerprint density at radius 3 is 3.29 bits per heavy atom. The van der Waals surface area contributed by atoms with Gasteiger partial charge in [-0.3, -0.25) is 0 Å². The minimum Gasteiger partial charge on any atom is -0.237 e. The molecule has 3 heteroatoms. The summed E-state index contributed by atoms with van der Waals surface area (Å²) in [6, 6.07) is 0. The lowest BCUT2D eigenvalue weighted by atomic mass is 10.7. The molecule has 1 nitrogen and oxygen atoms in total. The Hall–Kier alpha value is 0.110. The van der Waals surface area contributed by atoms with Crippen LogP contribution in [-0.2, 0) is 0 Å². The highest BCUT2D eigenvalue weighted by Crippen LogP contribution is 2.16. The van der Waals surface area contributed by atoms with Crippen LogP contribution in [0, 0.1) is 6.85 Å². The molecule has 0 N–H and O–H groups in total. The van der Waals surface area contributed by atoms with E-state index in [0.717, 1.165) is 11.3 Å². The summed E-state index contributed by atoms with van der Waals surface area (Å²) in [6.07, 6.45) is 1.36. The Kier molecular flexibility index (Phi) is 0.713. The third kappa shape index (κ3) is 1.24. The number of hydrogen-bond donors (Lipinski definition) is 0. The van der Waals surface area contributed by atoms with E-state index in [4.69, 9.17) is 4.11 Å². The van der Waals surface area contributed by atoms with Crippen molar-refractivity contribution in [3.05, 3.63) is 15.0 Å². The Morgan fingerprint density at radius 1 is 2.14 bits per heavy atom. The van der Waals surface area contributed by atoms with E-state index in [1.54, 1.807) is 0 Å². The smallest absolute Gasteiger partial charge is 0.159 e. The first-order valence-electron chi connectivity index (χ1n) is 3.12. The molecule has 0 aromatic carbocycles. The Bertz CT molecular complexity index is 231. The molecule has 0 saturated heterocycles. The van der Waals surface area contributed by atoms with Crippen molar-refractivity contribution in [1.82, 2.24) is 4.98 Å². The third-order valence-corrected chi connectivity index (χ3v) is 1.77. The Labute approximate surface area is 58.7 Å². The molecule has 0 spiro atoms. The van der Waals surface area contributed by atoms with E-state index in [2.05, 4.69) is 20.9 Å². The van der Waals surface area contributed by atoms with E-state index in [1.165, 1.54) is 6.20 Å². The molecular formula is C4H4BrNS. The number of rotatable bonds is 0. The number of aromatic nitrogens is 1. The lowest BCUT2D eigenvalue weighted by Crippen LogP contribution is -1.51. The van der Waals surface area contributed by atoms with Gasteiger partial charge in [0.2, 0.25) is 0 Å². The van der Waals surface area contributed by atoms with E-state index < -0.39 is 6.85 Å². The predicted octanol–water partition coefficient (Wildman–Crippen LogP) is 2.21. The SMILES string of the molecule is [2H]C([2H])([2H])c1cnc(Br)s1. The van der Waals surface area contributed by atoms with Crippen molar-refractivity contribution in [3.8, 4) is 0 Å². The second kappa shape index (κ2) is 1.92. The number of hydrogen-bond acceptors (Lipinski definition) is 2. The molecule has 0 atom stereocenters. The minimum absolute atomic E-state index is 0.319. The van der Waals surface area contributed by atoms with Gasteiger partial charge in [0, 0.05) is 15.2 Å². The molecule has 0 aliphatic carbocycles. The maximum absolute atomic E-state index is 6.97. The molecule has 0 aliphatic heterocycles. The van der Waals surface area contributed by atoms with Gasteiger partial charge in [-0.1, -0.05) is 0 Å². The molecule has 1 aromatic rings. The molecular weight excluding hydrogens is 174 g/mol. The van der Waals surface area contributed by atoms with Crippen molar-refractivity contribution < 1.29 is 4.11 Å². The van der Waals surface area contributed by atoms with E-state index in [1.807, 2.05) is 0 Å². The lowest BCUT2D eigenvalue weighted by Gasteiger charge is -1.66. The number of halogens is 1. The summed E-state index contributed by atoms with van der Waals surface area (Å²) in [4.78, 5) is 4.08. The highest BCUT2D eigenvalue weighted by Gasteiger charge is 1.88. The first kappa shape index (κ1) is 2.60. The van der Waals surface area contributed by atoms with Crippen LogP contribution in [0.4, 0.5) is 0 Å². The van der Waals surface area contributed by atoms with Gasteiger partial charge in [-0.15, -0.1) is 11.3 Å². The van der Waals surface area contributed by atoms with Gasteiger partial charge >= 0.3 is 0 Å². The van der Waals surface area contributed by atoms with Crippen molar-refractivity contribution in [2.75, 3.05) is 0 Å². The fourth-order valence-corrected chi connectivity index (χ4v) is 1.27. The third-order valence-electron chi connectivity index (χ3n) is 0.477. The highest BCUT2D eigenvalue weighted by atomic mass is 79.9. The van der Waals surface area contributed by atoms with Crippen LogP contribution in [0.15, 0.2) is 10.1 Å². The molecule has 0 bridgehead atoms. The van der Waals surface area contributed by atoms with E-state index >= 15 is 0 Å². The van der Waals surface area contributed by atoms with Crippen LogP contribution in [0.5, 0.6) is 0 Å². The van der Waals surface area contributed by atoms with E-state index in [0.29, 0.717) is 8.79 Å². The standard InChI is InChI=1S/C4H4BrNS/c1-3-2-6-4(5)7-3/h2H,1H3/i1D3. The zero-order valence-corrected chi connectivity index (χ0v) is 5.71. The zero-order chi connectivity index (χ0) is 7.78. The molecule has 0 amide bonds. The average molecular weight is 181 g/mol. The van der Waals surface area contributed by atoms with Crippen LogP contribution < -0.4 is 0 Å². The van der Waals surface area contributed by atoms with Crippen LogP contribution in [0.25, 0.3) is 0 Å². The number of thiazole rings is 1. The second-order valence-corrected chi connectivity index (χ2v) is 3.28. The van der Waals surface area contributed by atoms with Gasteiger partial charge in [0.25, 0.3) is 0 Å². The van der Waals surface area contributed by atoms with Gasteiger partial charge in [-0.05, 0) is 22.8 Å². The van der Waals surface area contributed by atoms with Gasteiger partial charge < -0.3 is 0 Å². The van der Waals surface area contributed by atoms with Crippen LogP contribution in [0.2, 0.25) is 0 Å². The van der Waals surface area contributed by atoms with E-state index in [-0.39, 0.29) is 0 Å². The summed E-state index contributed by atoms with van der Waals surface area (Å²) >= 11 is 4.22. The summed E-state index contributed by atoms with van der Waals surface area (Å²) < 4.78 is 21.5. The summed E-state index contributed by atoms with van der Waals surface area (Å²) in [5, 5.41) is 0. The molecule has 7 heavy (non-hydrogen) atoms. The van der Waals surface area contributed by atoms with Crippen molar-refractivity contribution >= 4 is 27.3 Å². The molecule has 1 heterocycles. The fraction of sp³-hybridized carbons (Fsp3) is 0.250. The number of aryl methyl sites for hydroxylation is 1. The van der Waals surface area contributed by atoms with Crippen LogP contribution >= 0.6 is 27.3 Å². The molecule has 0 fully saturated rings. The van der Waals surface area contributed by atoms with E-state index in [9.17, 15) is 0 Å². The number of nitrogens with zero attached hydrogens (tertiary/aromatic N) is 1. The predicted molar refractivity (Wildman–Crippen MR) is 34.6 cm³/mol. The molecule has 0 radical (unpaired) electrons. The molecule has 0 unspecified atom stereocenters. The van der Waals surface area contributed by atoms with Gasteiger partial charge in [-0.25, -0.2) is 4.98 Å². The first-order chi connectivity index (χ1) is 4.50. The van der Waals surface area contributed by atoms with Crippen molar-refractivity contribution in [2.45, 2.75) is 6.85 Å². The maximum Gasteiger partial charge on any atom is 0.159 e. The van der Waals surface area contributed by atoms with Gasteiger partial charge in [0.15, 0.2) is 3.92 Å². The maximum atomic E-state index is 6.97. The molecule has 0 saturated carbocycles. The van der Waals surface area contributed by atoms with Crippen molar-refractivity contribution in [2.24, 2.45) is 0 Å². The molecule has 1 aromatic heterocycles. The fourth-order valence-electron chi connectivity index (χ4n) is 0.253. The molecule has 0 aliphatic rings. The minimum atomic E-state index is -2.01. The van der Waals surface area contributed by atoms with Crippen molar-refractivity contribution in [1.29, 1.82) is 0 Å². The summed E-state index contributed by atoms with van der Waals surface area (Å²) in [6.45, 7) is -2.01. The molecule has 38 valence electrons. The molecule has 1 rings (SSSR count). The second-order valence-electron chi connectivity index (χ2n) is 0.977. The Balaban J connectivity index is 2.96. The van der Waals surface area contributed by atoms with Crippen LogP contribution in [0.3, 0.4) is 0 Å². The van der Waals surface area contributed by atoms with Gasteiger partial charge in [0.1, 0.15) is 0 Å². The zero-order valence-electron chi connectivity index (χ0n) is 6.31. The first-order valence-corrected chi connectivity index (χ1v) is 3.23. The largest absolute Gasteiger partial charge is 0.237 e. The average Bonchev–Trinajstić information content (AvgIpc) is 2.11. The van der Waals surface area contributed by atoms with Gasteiger partial charge in [0.05, 0.1) is 0 Å². The summed E-state index contributed by atoms with van der Waals surface area (Å²) in [5.74, 6) is 0. The van der Waals surface area contributed by atoms with Crippen LogP contribution in [-0.4, -0.2) is 4.98 Å². The van der Waals surface area contributed by atoms with Crippen LogP contribution in [0.1, 0.15) is 8.99 Å². The summed E-state index contributed by atoms with van der Waals surface area (Å²) in [5.41, 5.74) is 0. The highest BCUT2D eigenvalue weighted by molar-refractivity contribution is 9.11. The van der Waals surface area contributed by atoms with Gasteiger partial charge in [-0.2, -0.15) is 0 Å². The lowest BCUT2D eigenvalue weighted by molar-refractivity contribution is 1.35. The topological polar surface area (TPSA) is 12.9 Å². The van der Waals surface area contributed by atoms with Crippen molar-refractivity contribution in [3.63, 3.8) is 0 Å². The Morgan fingerprint density at radius 2 is 3.00 bits per heavy atom. The quantitative estimate of drug-likeness (QED) is 0.597.